The molecule has 0 spiro atoms. The van der Waals surface area contributed by atoms with Crippen molar-refractivity contribution in [2.45, 2.75) is 12.6 Å². The number of alkyl halides is 3. The molecule has 2 rings (SSSR count). The van der Waals surface area contributed by atoms with E-state index in [0.717, 1.165) is 11.6 Å². The van der Waals surface area contributed by atoms with Crippen LogP contribution >= 0.6 is 0 Å². The molecule has 0 aliphatic rings. The summed E-state index contributed by atoms with van der Waals surface area (Å²) in [4.78, 5) is 0. The van der Waals surface area contributed by atoms with Crippen molar-refractivity contribution in [1.29, 1.82) is 0 Å². The standard InChI is InChI=1S/C15H14F3N/c16-15(17,18)13-8-4-5-9-14(13)19-11-10-12-6-2-1-3-7-12/h1-9,19H,10-11H2. The van der Waals surface area contributed by atoms with E-state index in [1.807, 2.05) is 30.3 Å². The molecule has 0 saturated heterocycles. The number of para-hydroxylation sites is 1. The Balaban J connectivity index is 2.00. The molecule has 1 N–H and O–H groups in total. The molecule has 100 valence electrons. The molecular formula is C15H14F3N. The molecule has 0 heterocycles. The second kappa shape index (κ2) is 5.78. The first kappa shape index (κ1) is 13.5. The predicted molar refractivity (Wildman–Crippen MR) is 70.1 cm³/mol. The average molecular weight is 265 g/mol. The third-order valence-corrected chi connectivity index (χ3v) is 2.80. The number of rotatable bonds is 4. The minimum absolute atomic E-state index is 0.130. The normalized spacial score (nSPS) is 11.3. The van der Waals surface area contributed by atoms with Gasteiger partial charge in [0.1, 0.15) is 0 Å². The number of hydrogen-bond donors (Lipinski definition) is 1. The molecule has 0 saturated carbocycles. The van der Waals surface area contributed by atoms with Crippen molar-refractivity contribution >= 4 is 5.69 Å². The van der Waals surface area contributed by atoms with Gasteiger partial charge in [-0.25, -0.2) is 0 Å². The smallest absolute Gasteiger partial charge is 0.384 e. The van der Waals surface area contributed by atoms with Gasteiger partial charge in [0, 0.05) is 12.2 Å². The maximum absolute atomic E-state index is 12.8. The van der Waals surface area contributed by atoms with Crippen molar-refractivity contribution in [3.8, 4) is 0 Å². The SMILES string of the molecule is FC(F)(F)c1ccccc1NCCc1ccccc1. The van der Waals surface area contributed by atoms with Crippen LogP contribution in [0.1, 0.15) is 11.1 Å². The third-order valence-electron chi connectivity index (χ3n) is 2.80. The molecule has 2 aromatic carbocycles. The van der Waals surface area contributed by atoms with Gasteiger partial charge in [0.15, 0.2) is 0 Å². The number of nitrogens with one attached hydrogen (secondary N) is 1. The summed E-state index contributed by atoms with van der Waals surface area (Å²) in [5.74, 6) is 0. The Labute approximate surface area is 110 Å². The molecule has 0 aliphatic heterocycles. The van der Waals surface area contributed by atoms with Gasteiger partial charge in [-0.05, 0) is 24.1 Å². The highest BCUT2D eigenvalue weighted by molar-refractivity contribution is 5.52. The fourth-order valence-corrected chi connectivity index (χ4v) is 1.87. The lowest BCUT2D eigenvalue weighted by Crippen LogP contribution is -2.12. The number of hydrogen-bond acceptors (Lipinski definition) is 1. The average Bonchev–Trinajstić information content (AvgIpc) is 2.39. The maximum atomic E-state index is 12.8. The largest absolute Gasteiger partial charge is 0.418 e. The molecule has 0 radical (unpaired) electrons. The molecule has 0 aliphatic carbocycles. The van der Waals surface area contributed by atoms with E-state index in [1.165, 1.54) is 12.1 Å². The fraction of sp³-hybridized carbons (Fsp3) is 0.200. The highest BCUT2D eigenvalue weighted by Gasteiger charge is 2.32. The summed E-state index contributed by atoms with van der Waals surface area (Å²) in [5.41, 5.74) is 0.605. The Morgan fingerprint density at radius 3 is 2.16 bits per heavy atom. The topological polar surface area (TPSA) is 12.0 Å². The zero-order chi connectivity index (χ0) is 13.7. The Bertz CT molecular complexity index is 520. The van der Waals surface area contributed by atoms with Crippen molar-refractivity contribution in [2.24, 2.45) is 0 Å². The summed E-state index contributed by atoms with van der Waals surface area (Å²) in [6.45, 7) is 0.469. The molecule has 4 heteroatoms. The monoisotopic (exact) mass is 265 g/mol. The predicted octanol–water partition coefficient (Wildman–Crippen LogP) is 4.36. The summed E-state index contributed by atoms with van der Waals surface area (Å²) in [6, 6.07) is 15.2. The Morgan fingerprint density at radius 2 is 1.47 bits per heavy atom. The van der Waals surface area contributed by atoms with Crippen LogP contribution in [-0.4, -0.2) is 6.54 Å². The van der Waals surface area contributed by atoms with Crippen LogP contribution in [0.15, 0.2) is 54.6 Å². The van der Waals surface area contributed by atoms with E-state index >= 15 is 0 Å². The molecule has 0 amide bonds. The lowest BCUT2D eigenvalue weighted by Gasteiger charge is -2.14. The van der Waals surface area contributed by atoms with Gasteiger partial charge < -0.3 is 5.32 Å². The van der Waals surface area contributed by atoms with Crippen LogP contribution in [0.3, 0.4) is 0 Å². The van der Waals surface area contributed by atoms with E-state index in [1.54, 1.807) is 6.07 Å². The Morgan fingerprint density at radius 1 is 0.842 bits per heavy atom. The van der Waals surface area contributed by atoms with Crippen LogP contribution in [0, 0.1) is 0 Å². The fourth-order valence-electron chi connectivity index (χ4n) is 1.87. The zero-order valence-electron chi connectivity index (χ0n) is 10.2. The molecule has 0 bridgehead atoms. The van der Waals surface area contributed by atoms with Crippen LogP contribution in [0.5, 0.6) is 0 Å². The van der Waals surface area contributed by atoms with Crippen LogP contribution < -0.4 is 5.32 Å². The minimum Gasteiger partial charge on any atom is -0.384 e. The van der Waals surface area contributed by atoms with Gasteiger partial charge in [0.25, 0.3) is 0 Å². The van der Waals surface area contributed by atoms with Gasteiger partial charge in [-0.15, -0.1) is 0 Å². The number of anilines is 1. The highest BCUT2D eigenvalue weighted by Crippen LogP contribution is 2.34. The Hall–Kier alpha value is -1.97. The number of benzene rings is 2. The third kappa shape index (κ3) is 3.74. The van der Waals surface area contributed by atoms with Crippen molar-refractivity contribution in [3.63, 3.8) is 0 Å². The summed E-state index contributed by atoms with van der Waals surface area (Å²) in [7, 11) is 0. The minimum atomic E-state index is -4.32. The molecule has 19 heavy (non-hydrogen) atoms. The molecular weight excluding hydrogens is 251 g/mol. The highest BCUT2D eigenvalue weighted by atomic mass is 19.4. The van der Waals surface area contributed by atoms with Gasteiger partial charge in [-0.2, -0.15) is 13.2 Å². The summed E-state index contributed by atoms with van der Waals surface area (Å²) < 4.78 is 38.3. The summed E-state index contributed by atoms with van der Waals surface area (Å²) in [5, 5.41) is 2.85. The maximum Gasteiger partial charge on any atom is 0.418 e. The molecule has 1 nitrogen and oxygen atoms in total. The van der Waals surface area contributed by atoms with Crippen molar-refractivity contribution in [1.82, 2.24) is 0 Å². The molecule has 2 aromatic rings. The van der Waals surface area contributed by atoms with E-state index in [2.05, 4.69) is 5.32 Å². The van der Waals surface area contributed by atoms with Gasteiger partial charge in [0.2, 0.25) is 0 Å². The second-order valence-corrected chi connectivity index (χ2v) is 4.21. The van der Waals surface area contributed by atoms with Crippen molar-refractivity contribution < 1.29 is 13.2 Å². The molecule has 0 atom stereocenters. The first-order valence-corrected chi connectivity index (χ1v) is 6.01. The molecule has 0 fully saturated rings. The van der Waals surface area contributed by atoms with E-state index in [0.29, 0.717) is 13.0 Å². The van der Waals surface area contributed by atoms with Crippen LogP contribution in [-0.2, 0) is 12.6 Å². The summed E-state index contributed by atoms with van der Waals surface area (Å²) >= 11 is 0. The van der Waals surface area contributed by atoms with E-state index in [-0.39, 0.29) is 5.69 Å². The summed E-state index contributed by atoms with van der Waals surface area (Å²) in [6.07, 6.45) is -3.64. The first-order chi connectivity index (χ1) is 9.07. The second-order valence-electron chi connectivity index (χ2n) is 4.21. The van der Waals surface area contributed by atoms with E-state index in [4.69, 9.17) is 0 Å². The van der Waals surface area contributed by atoms with Crippen molar-refractivity contribution in [3.05, 3.63) is 65.7 Å². The van der Waals surface area contributed by atoms with Crippen LogP contribution in [0.4, 0.5) is 18.9 Å². The van der Waals surface area contributed by atoms with Crippen molar-refractivity contribution in [2.75, 3.05) is 11.9 Å². The lowest BCUT2D eigenvalue weighted by molar-refractivity contribution is -0.136. The number of halogens is 3. The van der Waals surface area contributed by atoms with E-state index in [9.17, 15) is 13.2 Å². The van der Waals surface area contributed by atoms with Gasteiger partial charge in [-0.3, -0.25) is 0 Å². The van der Waals surface area contributed by atoms with Crippen LogP contribution in [0.25, 0.3) is 0 Å². The van der Waals surface area contributed by atoms with Gasteiger partial charge in [-0.1, -0.05) is 42.5 Å². The Kier molecular flexibility index (Phi) is 4.10. The molecule has 0 aromatic heterocycles. The first-order valence-electron chi connectivity index (χ1n) is 6.01. The van der Waals surface area contributed by atoms with Gasteiger partial charge >= 0.3 is 6.18 Å². The quantitative estimate of drug-likeness (QED) is 0.866. The van der Waals surface area contributed by atoms with Crippen LogP contribution in [0.2, 0.25) is 0 Å². The van der Waals surface area contributed by atoms with E-state index < -0.39 is 11.7 Å². The lowest BCUT2D eigenvalue weighted by atomic mass is 10.1. The molecule has 0 unspecified atom stereocenters. The van der Waals surface area contributed by atoms with Gasteiger partial charge in [0.05, 0.1) is 5.56 Å². The zero-order valence-corrected chi connectivity index (χ0v) is 10.2.